The second-order valence-corrected chi connectivity index (χ2v) is 8.70. The predicted molar refractivity (Wildman–Crippen MR) is 126 cm³/mol. The van der Waals surface area contributed by atoms with Crippen molar-refractivity contribution in [2.24, 2.45) is 0 Å². The van der Waals surface area contributed by atoms with Crippen LogP contribution in [0.3, 0.4) is 0 Å². The summed E-state index contributed by atoms with van der Waals surface area (Å²) in [4.78, 5) is 6.98. The van der Waals surface area contributed by atoms with Crippen LogP contribution in [0.25, 0.3) is 0 Å². The first-order valence-electron chi connectivity index (χ1n) is 12.4. The number of pyridine rings is 1. The molecule has 3 nitrogen and oxygen atoms in total. The molecule has 0 N–H and O–H groups in total. The number of rotatable bonds is 20. The molecule has 168 valence electrons. The Hall–Kier alpha value is -0.930. The fourth-order valence-electron chi connectivity index (χ4n) is 3.92. The highest BCUT2D eigenvalue weighted by Crippen LogP contribution is 2.13. The van der Waals surface area contributed by atoms with Crippen LogP contribution in [0.5, 0.6) is 0 Å². The van der Waals surface area contributed by atoms with Gasteiger partial charge >= 0.3 is 0 Å². The number of unbranched alkanes of at least 4 members (excludes halogenated alkanes) is 13. The number of hydrogen-bond acceptors (Lipinski definition) is 3. The van der Waals surface area contributed by atoms with Crippen molar-refractivity contribution in [3.05, 3.63) is 30.1 Å². The van der Waals surface area contributed by atoms with Crippen molar-refractivity contribution in [3.63, 3.8) is 0 Å². The fourth-order valence-corrected chi connectivity index (χ4v) is 3.92. The Morgan fingerprint density at radius 2 is 1.38 bits per heavy atom. The fraction of sp³-hybridized carbons (Fsp3) is 0.808. The van der Waals surface area contributed by atoms with Crippen molar-refractivity contribution in [1.82, 2.24) is 9.88 Å². The second kappa shape index (κ2) is 19.1. The van der Waals surface area contributed by atoms with Crippen LogP contribution in [0.4, 0.5) is 0 Å². The third kappa shape index (κ3) is 15.6. The van der Waals surface area contributed by atoms with Gasteiger partial charge in [-0.1, -0.05) is 96.5 Å². The summed E-state index contributed by atoms with van der Waals surface area (Å²) in [7, 11) is 1.80. The molecule has 1 aromatic rings. The van der Waals surface area contributed by atoms with Gasteiger partial charge in [0.25, 0.3) is 0 Å². The molecule has 0 saturated carbocycles. The van der Waals surface area contributed by atoms with Crippen LogP contribution < -0.4 is 0 Å². The van der Waals surface area contributed by atoms with Crippen molar-refractivity contribution in [2.45, 2.75) is 116 Å². The van der Waals surface area contributed by atoms with Crippen molar-refractivity contribution < 1.29 is 4.74 Å². The maximum atomic E-state index is 5.48. The number of hydrogen-bond donors (Lipinski definition) is 0. The normalized spacial score (nSPS) is 12.6. The molecule has 0 radical (unpaired) electrons. The van der Waals surface area contributed by atoms with Crippen LogP contribution in [0.2, 0.25) is 0 Å². The smallest absolute Gasteiger partial charge is 0.0670 e. The summed E-state index contributed by atoms with van der Waals surface area (Å²) in [6, 6.07) is 6.18. The Morgan fingerprint density at radius 1 is 0.828 bits per heavy atom. The molecule has 0 aliphatic carbocycles. The monoisotopic (exact) mass is 404 g/mol. The van der Waals surface area contributed by atoms with Crippen molar-refractivity contribution in [3.8, 4) is 0 Å². The SMILES string of the molecule is CCCCCCCCCCCCCCCCN(Cc1ccccn1)C[C@@H](C)OC. The van der Waals surface area contributed by atoms with E-state index >= 15 is 0 Å². The molecule has 0 spiro atoms. The third-order valence-corrected chi connectivity index (χ3v) is 5.86. The van der Waals surface area contributed by atoms with Crippen LogP contribution in [0.1, 0.15) is 109 Å². The summed E-state index contributed by atoms with van der Waals surface area (Å²) < 4.78 is 5.48. The molecule has 1 heterocycles. The summed E-state index contributed by atoms with van der Waals surface area (Å²) in [6.45, 7) is 7.48. The van der Waals surface area contributed by atoms with Gasteiger partial charge in [0.2, 0.25) is 0 Å². The van der Waals surface area contributed by atoms with Crippen LogP contribution in [0.15, 0.2) is 24.4 Å². The Labute approximate surface area is 181 Å². The molecule has 3 heteroatoms. The van der Waals surface area contributed by atoms with Gasteiger partial charge in [0.05, 0.1) is 11.8 Å². The lowest BCUT2D eigenvalue weighted by molar-refractivity contribution is 0.0730. The molecule has 0 unspecified atom stereocenters. The van der Waals surface area contributed by atoms with Gasteiger partial charge in [-0.15, -0.1) is 0 Å². The summed E-state index contributed by atoms with van der Waals surface area (Å²) in [5.41, 5.74) is 1.15. The van der Waals surface area contributed by atoms with E-state index in [-0.39, 0.29) is 6.10 Å². The average Bonchev–Trinajstić information content (AvgIpc) is 2.74. The Morgan fingerprint density at radius 3 is 1.86 bits per heavy atom. The lowest BCUT2D eigenvalue weighted by atomic mass is 10.0. The molecule has 0 fully saturated rings. The highest BCUT2D eigenvalue weighted by atomic mass is 16.5. The second-order valence-electron chi connectivity index (χ2n) is 8.70. The van der Waals surface area contributed by atoms with Gasteiger partial charge in [-0.2, -0.15) is 0 Å². The minimum absolute atomic E-state index is 0.269. The van der Waals surface area contributed by atoms with Crippen LogP contribution in [-0.4, -0.2) is 36.2 Å². The van der Waals surface area contributed by atoms with E-state index in [0.29, 0.717) is 0 Å². The van der Waals surface area contributed by atoms with Gasteiger partial charge in [0.15, 0.2) is 0 Å². The average molecular weight is 405 g/mol. The molecule has 1 aromatic heterocycles. The Bertz CT molecular complexity index is 451. The van der Waals surface area contributed by atoms with Gasteiger partial charge in [-0.25, -0.2) is 0 Å². The molecule has 0 aromatic carbocycles. The molecule has 1 rings (SSSR count). The van der Waals surface area contributed by atoms with E-state index in [0.717, 1.165) is 25.3 Å². The highest BCUT2D eigenvalue weighted by Gasteiger charge is 2.10. The minimum Gasteiger partial charge on any atom is -0.380 e. The zero-order chi connectivity index (χ0) is 21.0. The van der Waals surface area contributed by atoms with Crippen molar-refractivity contribution in [1.29, 1.82) is 0 Å². The van der Waals surface area contributed by atoms with E-state index in [1.54, 1.807) is 7.11 Å². The summed E-state index contributed by atoms with van der Waals surface area (Å²) in [6.07, 6.45) is 21.9. The molecule has 29 heavy (non-hydrogen) atoms. The van der Waals surface area contributed by atoms with E-state index in [1.807, 2.05) is 12.3 Å². The van der Waals surface area contributed by atoms with Gasteiger partial charge in [-0.3, -0.25) is 9.88 Å². The van der Waals surface area contributed by atoms with Gasteiger partial charge in [-0.05, 0) is 32.0 Å². The Kier molecular flexibility index (Phi) is 17.2. The molecular formula is C26H48N2O. The summed E-state index contributed by atoms with van der Waals surface area (Å²) in [5.74, 6) is 0. The van der Waals surface area contributed by atoms with E-state index < -0.39 is 0 Å². The first-order chi connectivity index (χ1) is 14.3. The van der Waals surface area contributed by atoms with Crippen LogP contribution in [-0.2, 0) is 11.3 Å². The zero-order valence-corrected chi connectivity index (χ0v) is 19.7. The van der Waals surface area contributed by atoms with Crippen molar-refractivity contribution >= 4 is 0 Å². The molecule has 1 atom stereocenters. The predicted octanol–water partition coefficient (Wildman–Crippen LogP) is 7.40. The van der Waals surface area contributed by atoms with Crippen LogP contribution in [0, 0.1) is 0 Å². The molecule has 0 saturated heterocycles. The number of ether oxygens (including phenoxy) is 1. The van der Waals surface area contributed by atoms with E-state index in [1.165, 1.54) is 89.9 Å². The van der Waals surface area contributed by atoms with Crippen molar-refractivity contribution in [2.75, 3.05) is 20.2 Å². The molecule has 0 aliphatic heterocycles. The number of methoxy groups -OCH3 is 1. The van der Waals surface area contributed by atoms with E-state index in [2.05, 4.69) is 35.9 Å². The first kappa shape index (κ1) is 26.1. The van der Waals surface area contributed by atoms with Gasteiger partial charge < -0.3 is 4.74 Å². The zero-order valence-electron chi connectivity index (χ0n) is 19.7. The maximum absolute atomic E-state index is 5.48. The third-order valence-electron chi connectivity index (χ3n) is 5.86. The highest BCUT2D eigenvalue weighted by molar-refractivity contribution is 5.03. The van der Waals surface area contributed by atoms with Gasteiger partial charge in [0, 0.05) is 26.4 Å². The van der Waals surface area contributed by atoms with Crippen LogP contribution >= 0.6 is 0 Å². The largest absolute Gasteiger partial charge is 0.380 e. The lowest BCUT2D eigenvalue weighted by Gasteiger charge is -2.24. The molecule has 0 bridgehead atoms. The quantitative estimate of drug-likeness (QED) is 0.212. The first-order valence-corrected chi connectivity index (χ1v) is 12.4. The van der Waals surface area contributed by atoms with E-state index in [4.69, 9.17) is 4.74 Å². The topological polar surface area (TPSA) is 25.4 Å². The molecular weight excluding hydrogens is 356 g/mol. The Balaban J connectivity index is 2.01. The minimum atomic E-state index is 0.269. The standard InChI is InChI=1S/C26H48N2O/c1-4-5-6-7-8-9-10-11-12-13-14-15-16-19-22-28(23-25(2)29-3)24-26-20-17-18-21-27-26/h17-18,20-21,25H,4-16,19,22-24H2,1-3H3/t25-/m1/s1. The molecule has 0 amide bonds. The molecule has 0 aliphatic rings. The number of aromatic nitrogens is 1. The van der Waals surface area contributed by atoms with Gasteiger partial charge in [0.1, 0.15) is 0 Å². The van der Waals surface area contributed by atoms with E-state index in [9.17, 15) is 0 Å². The number of nitrogens with zero attached hydrogens (tertiary/aromatic N) is 2. The summed E-state index contributed by atoms with van der Waals surface area (Å²) >= 11 is 0. The lowest BCUT2D eigenvalue weighted by Crippen LogP contribution is -2.32. The maximum Gasteiger partial charge on any atom is 0.0670 e. The summed E-state index contributed by atoms with van der Waals surface area (Å²) in [5, 5.41) is 0.